The molecule has 0 bridgehead atoms. The van der Waals surface area contributed by atoms with Gasteiger partial charge in [0.2, 0.25) is 0 Å². The van der Waals surface area contributed by atoms with Gasteiger partial charge in [0.25, 0.3) is 5.91 Å². The van der Waals surface area contributed by atoms with E-state index in [4.69, 9.17) is 11.2 Å². The van der Waals surface area contributed by atoms with E-state index >= 15 is 0 Å². The SMILES string of the molecule is C#CCOc1ccc(C=C(C#N)C(=O)NCc2ccccc2)cc1. The number of terminal acetylenes is 1. The van der Waals surface area contributed by atoms with Crippen LogP contribution in [0.3, 0.4) is 0 Å². The lowest BCUT2D eigenvalue weighted by Crippen LogP contribution is -2.23. The molecule has 0 unspecified atom stereocenters. The number of carbonyl (C=O) groups is 1. The fraction of sp³-hybridized carbons (Fsp3) is 0.100. The summed E-state index contributed by atoms with van der Waals surface area (Å²) < 4.78 is 5.28. The van der Waals surface area contributed by atoms with Crippen LogP contribution in [-0.2, 0) is 11.3 Å². The Balaban J connectivity index is 2.01. The number of nitriles is 1. The first-order valence-electron chi connectivity index (χ1n) is 7.33. The third kappa shape index (κ3) is 5.05. The molecular weight excluding hydrogens is 300 g/mol. The van der Waals surface area contributed by atoms with Crippen molar-refractivity contribution in [1.82, 2.24) is 5.32 Å². The fourth-order valence-electron chi connectivity index (χ4n) is 1.97. The molecule has 1 amide bonds. The van der Waals surface area contributed by atoms with Gasteiger partial charge in [-0.2, -0.15) is 5.26 Å². The summed E-state index contributed by atoms with van der Waals surface area (Å²) in [7, 11) is 0. The van der Waals surface area contributed by atoms with E-state index in [0.717, 1.165) is 11.1 Å². The van der Waals surface area contributed by atoms with Crippen molar-refractivity contribution < 1.29 is 9.53 Å². The van der Waals surface area contributed by atoms with Crippen LogP contribution in [0.5, 0.6) is 5.75 Å². The summed E-state index contributed by atoms with van der Waals surface area (Å²) in [5.41, 5.74) is 1.75. The zero-order valence-corrected chi connectivity index (χ0v) is 13.0. The summed E-state index contributed by atoms with van der Waals surface area (Å²) in [5.74, 6) is 2.61. The Morgan fingerprint density at radius 1 is 1.17 bits per heavy atom. The summed E-state index contributed by atoms with van der Waals surface area (Å²) >= 11 is 0. The minimum absolute atomic E-state index is 0.0447. The van der Waals surface area contributed by atoms with Crippen LogP contribution in [0.2, 0.25) is 0 Å². The highest BCUT2D eigenvalue weighted by molar-refractivity contribution is 6.01. The van der Waals surface area contributed by atoms with Gasteiger partial charge in [-0.25, -0.2) is 0 Å². The molecule has 0 saturated heterocycles. The van der Waals surface area contributed by atoms with Gasteiger partial charge in [-0.05, 0) is 29.3 Å². The molecule has 0 saturated carbocycles. The molecule has 0 aliphatic carbocycles. The van der Waals surface area contributed by atoms with Crippen LogP contribution in [0.1, 0.15) is 11.1 Å². The number of ether oxygens (including phenoxy) is 1. The summed E-state index contributed by atoms with van der Waals surface area (Å²) in [6.45, 7) is 0.568. The second-order valence-electron chi connectivity index (χ2n) is 4.90. The molecule has 4 heteroatoms. The largest absolute Gasteiger partial charge is 0.481 e. The molecule has 0 radical (unpaired) electrons. The molecular formula is C20H16N2O2. The quantitative estimate of drug-likeness (QED) is 0.506. The summed E-state index contributed by atoms with van der Waals surface area (Å²) in [4.78, 5) is 12.1. The van der Waals surface area contributed by atoms with E-state index in [-0.39, 0.29) is 12.2 Å². The second-order valence-corrected chi connectivity index (χ2v) is 4.90. The minimum Gasteiger partial charge on any atom is -0.481 e. The molecule has 2 aromatic rings. The maximum absolute atomic E-state index is 12.1. The smallest absolute Gasteiger partial charge is 0.262 e. The van der Waals surface area contributed by atoms with Crippen molar-refractivity contribution in [3.8, 4) is 24.2 Å². The standard InChI is InChI=1S/C20H16N2O2/c1-2-12-24-19-10-8-16(9-11-19)13-18(14-21)20(23)22-15-17-6-4-3-5-7-17/h1,3-11,13H,12,15H2,(H,22,23). The van der Waals surface area contributed by atoms with Crippen LogP contribution in [0.15, 0.2) is 60.2 Å². The Labute approximate surface area is 141 Å². The number of hydrogen-bond acceptors (Lipinski definition) is 3. The number of rotatable bonds is 6. The number of nitrogens with one attached hydrogen (secondary N) is 1. The van der Waals surface area contributed by atoms with Crippen LogP contribution in [0.4, 0.5) is 0 Å². The number of hydrogen-bond donors (Lipinski definition) is 1. The molecule has 24 heavy (non-hydrogen) atoms. The molecule has 0 aromatic heterocycles. The molecule has 0 heterocycles. The van der Waals surface area contributed by atoms with E-state index in [9.17, 15) is 10.1 Å². The Hall–Kier alpha value is -3.50. The number of carbonyl (C=O) groups excluding carboxylic acids is 1. The van der Waals surface area contributed by atoms with Gasteiger partial charge in [0, 0.05) is 6.54 Å². The Bertz CT molecular complexity index is 794. The first kappa shape index (κ1) is 16.9. The van der Waals surface area contributed by atoms with Crippen molar-refractivity contribution in [3.05, 3.63) is 71.3 Å². The van der Waals surface area contributed by atoms with Crippen LogP contribution in [0.25, 0.3) is 6.08 Å². The van der Waals surface area contributed by atoms with Crippen molar-refractivity contribution in [1.29, 1.82) is 5.26 Å². The normalized spacial score (nSPS) is 10.3. The Morgan fingerprint density at radius 2 is 1.88 bits per heavy atom. The van der Waals surface area contributed by atoms with Gasteiger partial charge < -0.3 is 10.1 Å². The molecule has 0 aliphatic rings. The van der Waals surface area contributed by atoms with Crippen molar-refractivity contribution in [2.24, 2.45) is 0 Å². The third-order valence-electron chi connectivity index (χ3n) is 3.17. The fourth-order valence-corrected chi connectivity index (χ4v) is 1.97. The van der Waals surface area contributed by atoms with E-state index in [1.165, 1.54) is 6.08 Å². The predicted octanol–water partition coefficient (Wildman–Crippen LogP) is 2.92. The average Bonchev–Trinajstić information content (AvgIpc) is 2.64. The topological polar surface area (TPSA) is 62.1 Å². The van der Waals surface area contributed by atoms with Crippen molar-refractivity contribution in [2.45, 2.75) is 6.54 Å². The first-order valence-corrected chi connectivity index (χ1v) is 7.33. The lowest BCUT2D eigenvalue weighted by atomic mass is 10.1. The zero-order chi connectivity index (χ0) is 17.2. The van der Waals surface area contributed by atoms with Crippen LogP contribution in [-0.4, -0.2) is 12.5 Å². The maximum atomic E-state index is 12.1. The van der Waals surface area contributed by atoms with E-state index in [0.29, 0.717) is 12.3 Å². The predicted molar refractivity (Wildman–Crippen MR) is 92.6 cm³/mol. The van der Waals surface area contributed by atoms with Crippen molar-refractivity contribution in [3.63, 3.8) is 0 Å². The summed E-state index contributed by atoms with van der Waals surface area (Å²) in [6.07, 6.45) is 6.66. The lowest BCUT2D eigenvalue weighted by molar-refractivity contribution is -0.117. The molecule has 0 atom stereocenters. The van der Waals surface area contributed by atoms with Gasteiger partial charge in [-0.15, -0.1) is 6.42 Å². The van der Waals surface area contributed by atoms with Gasteiger partial charge in [0.1, 0.15) is 24.0 Å². The number of nitrogens with zero attached hydrogens (tertiary/aromatic N) is 1. The lowest BCUT2D eigenvalue weighted by Gasteiger charge is -2.05. The second kappa shape index (κ2) is 8.82. The molecule has 0 aliphatic heterocycles. The number of benzene rings is 2. The van der Waals surface area contributed by atoms with Crippen LogP contribution in [0, 0.1) is 23.7 Å². The molecule has 118 valence electrons. The van der Waals surface area contributed by atoms with E-state index in [1.807, 2.05) is 36.4 Å². The van der Waals surface area contributed by atoms with Gasteiger partial charge in [-0.3, -0.25) is 4.79 Å². The van der Waals surface area contributed by atoms with E-state index < -0.39 is 5.91 Å². The highest BCUT2D eigenvalue weighted by Gasteiger charge is 2.08. The van der Waals surface area contributed by atoms with E-state index in [2.05, 4.69) is 11.2 Å². The Morgan fingerprint density at radius 3 is 2.50 bits per heavy atom. The molecule has 2 rings (SSSR count). The molecule has 0 fully saturated rings. The van der Waals surface area contributed by atoms with Crippen molar-refractivity contribution >= 4 is 12.0 Å². The maximum Gasteiger partial charge on any atom is 0.262 e. The molecule has 1 N–H and O–H groups in total. The van der Waals surface area contributed by atoms with Gasteiger partial charge >= 0.3 is 0 Å². The van der Waals surface area contributed by atoms with Crippen LogP contribution >= 0.6 is 0 Å². The third-order valence-corrected chi connectivity index (χ3v) is 3.17. The highest BCUT2D eigenvalue weighted by Crippen LogP contribution is 2.14. The van der Waals surface area contributed by atoms with Crippen molar-refractivity contribution in [2.75, 3.05) is 6.61 Å². The molecule has 0 spiro atoms. The molecule has 2 aromatic carbocycles. The number of amides is 1. The molecule has 4 nitrogen and oxygen atoms in total. The summed E-state index contributed by atoms with van der Waals surface area (Å²) in [5, 5.41) is 11.9. The van der Waals surface area contributed by atoms with Crippen LogP contribution < -0.4 is 10.1 Å². The first-order chi connectivity index (χ1) is 11.7. The Kier molecular flexibility index (Phi) is 6.20. The minimum atomic E-state index is -0.408. The zero-order valence-electron chi connectivity index (χ0n) is 13.0. The van der Waals surface area contributed by atoms with Gasteiger partial charge in [0.05, 0.1) is 0 Å². The monoisotopic (exact) mass is 316 g/mol. The highest BCUT2D eigenvalue weighted by atomic mass is 16.5. The van der Waals surface area contributed by atoms with E-state index in [1.54, 1.807) is 24.3 Å². The van der Waals surface area contributed by atoms with Gasteiger partial charge in [0.15, 0.2) is 0 Å². The summed E-state index contributed by atoms with van der Waals surface area (Å²) in [6, 6.07) is 18.4. The average molecular weight is 316 g/mol. The van der Waals surface area contributed by atoms with Gasteiger partial charge in [-0.1, -0.05) is 48.4 Å².